The number of benzene rings is 3. The van der Waals surface area contributed by atoms with E-state index in [0.717, 1.165) is 6.42 Å². The van der Waals surface area contributed by atoms with Crippen molar-refractivity contribution in [1.29, 1.82) is 0 Å². The van der Waals surface area contributed by atoms with Crippen LogP contribution in [0.3, 0.4) is 0 Å². The van der Waals surface area contributed by atoms with Crippen molar-refractivity contribution in [3.05, 3.63) is 97.8 Å². The van der Waals surface area contributed by atoms with Crippen LogP contribution < -0.4 is 19.8 Å². The van der Waals surface area contributed by atoms with Crippen molar-refractivity contribution in [2.75, 3.05) is 25.2 Å². The summed E-state index contributed by atoms with van der Waals surface area (Å²) in [4.78, 5) is 41.6. The van der Waals surface area contributed by atoms with E-state index in [1.54, 1.807) is 68.6 Å². The molecule has 212 valence electrons. The van der Waals surface area contributed by atoms with Crippen LogP contribution >= 0.6 is 15.9 Å². The quantitative estimate of drug-likeness (QED) is 0.188. The lowest BCUT2D eigenvalue weighted by Crippen LogP contribution is -2.29. The summed E-state index contributed by atoms with van der Waals surface area (Å²) in [5.74, 6) is 0.587. The molecular weight excluding hydrogens is 590 g/mol. The van der Waals surface area contributed by atoms with E-state index in [1.807, 2.05) is 6.07 Å². The lowest BCUT2D eigenvalue weighted by atomic mass is 9.97. The van der Waals surface area contributed by atoms with Crippen molar-refractivity contribution in [3.63, 3.8) is 0 Å². The minimum Gasteiger partial charge on any atom is -0.493 e. The molecule has 9 heteroatoms. The lowest BCUT2D eigenvalue weighted by Gasteiger charge is -2.26. The average Bonchev–Trinajstić information content (AvgIpc) is 3.25. The van der Waals surface area contributed by atoms with E-state index >= 15 is 0 Å². The first-order valence-electron chi connectivity index (χ1n) is 13.4. The number of ether oxygens (including phenoxy) is 3. The molecule has 1 amide bonds. The first-order chi connectivity index (χ1) is 19.7. The van der Waals surface area contributed by atoms with E-state index in [0.29, 0.717) is 56.3 Å². The van der Waals surface area contributed by atoms with E-state index in [-0.39, 0.29) is 23.4 Å². The molecule has 0 N–H and O–H groups in total. The molecule has 8 nitrogen and oxygen atoms in total. The number of halogens is 1. The molecule has 1 aliphatic heterocycles. The third kappa shape index (κ3) is 5.46. The average molecular weight is 620 g/mol. The summed E-state index contributed by atoms with van der Waals surface area (Å²) < 4.78 is 23.5. The van der Waals surface area contributed by atoms with Crippen LogP contribution in [0.5, 0.6) is 11.5 Å². The molecule has 0 fully saturated rings. The minimum absolute atomic E-state index is 0.0273. The summed E-state index contributed by atoms with van der Waals surface area (Å²) in [7, 11) is 1.55. The Morgan fingerprint density at radius 1 is 1.02 bits per heavy atom. The van der Waals surface area contributed by atoms with Crippen LogP contribution in [-0.2, 0) is 4.74 Å². The Kier molecular flexibility index (Phi) is 8.17. The number of hydrogen-bond acceptors (Lipinski definition) is 7. The van der Waals surface area contributed by atoms with E-state index in [9.17, 15) is 14.4 Å². The Morgan fingerprint density at radius 2 is 1.78 bits per heavy atom. The standard InChI is InChI=1S/C32H30BrNO7/c1-5-39-32(37)19-6-10-22(11-7-19)34-28(20-8-12-25(26(16-20)38-4)40-15-14-18(2)3)27-29(35)23-17-21(33)9-13-24(23)41-30(27)31(34)36/h6-13,16-18,28H,5,14-15H2,1-4H3. The molecule has 0 aliphatic carbocycles. The number of rotatable bonds is 9. The molecule has 41 heavy (non-hydrogen) atoms. The highest BCUT2D eigenvalue weighted by molar-refractivity contribution is 9.10. The van der Waals surface area contributed by atoms with Crippen LogP contribution in [0.15, 0.2) is 74.3 Å². The Balaban J connectivity index is 1.65. The summed E-state index contributed by atoms with van der Waals surface area (Å²) >= 11 is 3.43. The zero-order valence-corrected chi connectivity index (χ0v) is 24.8. The fraction of sp³-hybridized carbons (Fsp3) is 0.281. The minimum atomic E-state index is -0.816. The summed E-state index contributed by atoms with van der Waals surface area (Å²) in [6.07, 6.45) is 0.884. The van der Waals surface area contributed by atoms with Crippen molar-refractivity contribution in [1.82, 2.24) is 0 Å². The molecule has 1 aromatic heterocycles. The molecule has 1 atom stereocenters. The largest absolute Gasteiger partial charge is 0.493 e. The van der Waals surface area contributed by atoms with Crippen molar-refractivity contribution in [3.8, 4) is 11.5 Å². The number of fused-ring (bicyclic) bond motifs is 2. The third-order valence-corrected chi connectivity index (χ3v) is 7.44. The molecule has 5 rings (SSSR count). The highest BCUT2D eigenvalue weighted by atomic mass is 79.9. The van der Waals surface area contributed by atoms with Gasteiger partial charge in [0.15, 0.2) is 16.9 Å². The molecular formula is C32H30BrNO7. The number of esters is 1. The van der Waals surface area contributed by atoms with Gasteiger partial charge in [-0.15, -0.1) is 0 Å². The number of anilines is 1. The van der Waals surface area contributed by atoms with Gasteiger partial charge in [-0.25, -0.2) is 4.79 Å². The number of hydrogen-bond donors (Lipinski definition) is 0. The van der Waals surface area contributed by atoms with Crippen molar-refractivity contribution < 1.29 is 28.2 Å². The Labute approximate surface area is 245 Å². The fourth-order valence-electron chi connectivity index (χ4n) is 4.88. The van der Waals surface area contributed by atoms with Gasteiger partial charge >= 0.3 is 5.97 Å². The van der Waals surface area contributed by atoms with Crippen LogP contribution in [0.2, 0.25) is 0 Å². The molecule has 0 bridgehead atoms. The van der Waals surface area contributed by atoms with Gasteiger partial charge in [-0.1, -0.05) is 35.8 Å². The van der Waals surface area contributed by atoms with Crippen LogP contribution in [0.25, 0.3) is 11.0 Å². The number of carbonyl (C=O) groups is 2. The summed E-state index contributed by atoms with van der Waals surface area (Å²) in [5, 5.41) is 0.357. The first kappa shape index (κ1) is 28.4. The number of amides is 1. The zero-order chi connectivity index (χ0) is 29.3. The molecule has 3 aromatic carbocycles. The van der Waals surface area contributed by atoms with Crippen molar-refractivity contribution >= 4 is 44.5 Å². The van der Waals surface area contributed by atoms with E-state index in [2.05, 4.69) is 29.8 Å². The molecule has 1 unspecified atom stereocenters. The predicted octanol–water partition coefficient (Wildman–Crippen LogP) is 6.92. The SMILES string of the molecule is CCOC(=O)c1ccc(N2C(=O)c3oc4ccc(Br)cc4c(=O)c3C2c2ccc(OCCC(C)C)c(OC)c2)cc1. The van der Waals surface area contributed by atoms with Gasteiger partial charge in [0.05, 0.1) is 42.9 Å². The van der Waals surface area contributed by atoms with E-state index < -0.39 is 17.9 Å². The molecule has 2 heterocycles. The number of methoxy groups -OCH3 is 1. The Hall–Kier alpha value is -4.11. The Bertz CT molecular complexity index is 1680. The second kappa shape index (κ2) is 11.8. The fourth-order valence-corrected chi connectivity index (χ4v) is 5.24. The first-order valence-corrected chi connectivity index (χ1v) is 14.2. The second-order valence-corrected chi connectivity index (χ2v) is 11.0. The number of nitrogens with zero attached hydrogens (tertiary/aromatic N) is 1. The highest BCUT2D eigenvalue weighted by Crippen LogP contribution is 2.43. The molecule has 1 aliphatic rings. The maximum atomic E-state index is 13.9. The van der Waals surface area contributed by atoms with Gasteiger partial charge < -0.3 is 18.6 Å². The highest BCUT2D eigenvalue weighted by Gasteiger charge is 2.44. The monoisotopic (exact) mass is 619 g/mol. The molecule has 4 aromatic rings. The predicted molar refractivity (Wildman–Crippen MR) is 159 cm³/mol. The van der Waals surface area contributed by atoms with E-state index in [1.165, 1.54) is 4.90 Å². The van der Waals surface area contributed by atoms with E-state index in [4.69, 9.17) is 18.6 Å². The van der Waals surface area contributed by atoms with Gasteiger partial charge in [-0.2, -0.15) is 0 Å². The van der Waals surface area contributed by atoms with Gasteiger partial charge in [-0.05, 0) is 79.4 Å². The van der Waals surface area contributed by atoms with Gasteiger partial charge in [0.1, 0.15) is 5.58 Å². The summed E-state index contributed by atoms with van der Waals surface area (Å²) in [6, 6.07) is 16.2. The van der Waals surface area contributed by atoms with Crippen molar-refractivity contribution in [2.45, 2.75) is 33.2 Å². The zero-order valence-electron chi connectivity index (χ0n) is 23.2. The molecule has 0 spiro atoms. The van der Waals surface area contributed by atoms with Crippen molar-refractivity contribution in [2.24, 2.45) is 5.92 Å². The van der Waals surface area contributed by atoms with Gasteiger partial charge in [0.25, 0.3) is 5.91 Å². The third-order valence-electron chi connectivity index (χ3n) is 6.94. The maximum Gasteiger partial charge on any atom is 0.338 e. The second-order valence-electron chi connectivity index (χ2n) is 10.1. The Morgan fingerprint density at radius 3 is 2.46 bits per heavy atom. The summed E-state index contributed by atoms with van der Waals surface area (Å²) in [6.45, 7) is 6.76. The topological polar surface area (TPSA) is 95.3 Å². The van der Waals surface area contributed by atoms with Gasteiger partial charge in [0.2, 0.25) is 5.76 Å². The van der Waals surface area contributed by atoms with Gasteiger partial charge in [-0.3, -0.25) is 14.5 Å². The van der Waals surface area contributed by atoms with Crippen LogP contribution in [0.1, 0.15) is 65.3 Å². The smallest absolute Gasteiger partial charge is 0.338 e. The molecule has 0 radical (unpaired) electrons. The number of carbonyl (C=O) groups excluding carboxylic acids is 2. The summed E-state index contributed by atoms with van der Waals surface area (Å²) in [5.41, 5.74) is 1.72. The molecule has 0 saturated carbocycles. The maximum absolute atomic E-state index is 13.9. The van der Waals surface area contributed by atoms with Crippen LogP contribution in [-0.4, -0.2) is 32.2 Å². The molecule has 0 saturated heterocycles. The lowest BCUT2D eigenvalue weighted by molar-refractivity contribution is 0.0526. The van der Waals surface area contributed by atoms with Crippen LogP contribution in [0, 0.1) is 5.92 Å². The normalized spacial score (nSPS) is 14.4. The van der Waals surface area contributed by atoms with Crippen LogP contribution in [0.4, 0.5) is 5.69 Å². The van der Waals surface area contributed by atoms with Gasteiger partial charge in [0, 0.05) is 10.2 Å².